The van der Waals surface area contributed by atoms with Gasteiger partial charge in [-0.25, -0.2) is 0 Å². The molecule has 1 saturated heterocycles. The Morgan fingerprint density at radius 2 is 2.64 bits per heavy atom. The van der Waals surface area contributed by atoms with Crippen LogP contribution in [0.2, 0.25) is 0 Å². The van der Waals surface area contributed by atoms with Crippen molar-refractivity contribution < 1.29 is 4.79 Å². The van der Waals surface area contributed by atoms with Gasteiger partial charge < -0.3 is 10.6 Å². The van der Waals surface area contributed by atoms with Gasteiger partial charge in [0.05, 0.1) is 0 Å². The second kappa shape index (κ2) is 4.34. The Morgan fingerprint density at radius 1 is 1.82 bits per heavy atom. The summed E-state index contributed by atoms with van der Waals surface area (Å²) < 4.78 is 0. The largest absolute Gasteiger partial charge is 0.354 e. The van der Waals surface area contributed by atoms with Gasteiger partial charge in [-0.3, -0.25) is 4.79 Å². The van der Waals surface area contributed by atoms with E-state index in [0.29, 0.717) is 12.1 Å². The highest BCUT2D eigenvalue weighted by atomic mass is 16.1. The molecule has 0 radical (unpaired) electrons. The van der Waals surface area contributed by atoms with Crippen molar-refractivity contribution in [2.24, 2.45) is 0 Å². The van der Waals surface area contributed by atoms with Crippen molar-refractivity contribution in [1.82, 2.24) is 10.6 Å². The van der Waals surface area contributed by atoms with Crippen LogP contribution in [0, 0.1) is 0 Å². The first-order valence-electron chi connectivity index (χ1n) is 4.31. The van der Waals surface area contributed by atoms with Gasteiger partial charge >= 0.3 is 0 Å². The van der Waals surface area contributed by atoms with Crippen LogP contribution in [0.15, 0.2) is 0 Å². The maximum atomic E-state index is 10.2. The SMILES string of the molecule is CCC(NC=O)C1CCCN1. The zero-order valence-electron chi connectivity index (χ0n) is 6.97. The molecule has 2 atom stereocenters. The lowest BCUT2D eigenvalue weighted by Gasteiger charge is -2.21. The Balaban J connectivity index is 2.33. The first-order valence-corrected chi connectivity index (χ1v) is 4.31. The third-order valence-corrected chi connectivity index (χ3v) is 2.31. The molecule has 1 aliphatic heterocycles. The van der Waals surface area contributed by atoms with Crippen LogP contribution in [0.25, 0.3) is 0 Å². The lowest BCUT2D eigenvalue weighted by molar-refractivity contribution is -0.110. The molecule has 0 bridgehead atoms. The number of hydrogen-bond acceptors (Lipinski definition) is 2. The molecule has 0 aliphatic carbocycles. The minimum atomic E-state index is 0.329. The highest BCUT2D eigenvalue weighted by Gasteiger charge is 2.21. The van der Waals surface area contributed by atoms with Gasteiger partial charge in [-0.1, -0.05) is 6.92 Å². The number of rotatable bonds is 4. The standard InChI is InChI=1S/C8H16N2O/c1-2-7(10-6-11)8-4-3-5-9-8/h6-9H,2-5H2,1H3,(H,10,11). The van der Waals surface area contributed by atoms with Crippen molar-refractivity contribution in [2.45, 2.75) is 38.3 Å². The van der Waals surface area contributed by atoms with Gasteiger partial charge in [0, 0.05) is 12.1 Å². The molecule has 1 heterocycles. The fraction of sp³-hybridized carbons (Fsp3) is 0.875. The topological polar surface area (TPSA) is 41.1 Å². The fourth-order valence-electron chi connectivity index (χ4n) is 1.66. The molecule has 64 valence electrons. The molecule has 1 fully saturated rings. The summed E-state index contributed by atoms with van der Waals surface area (Å²) >= 11 is 0. The minimum Gasteiger partial charge on any atom is -0.354 e. The van der Waals surface area contributed by atoms with Crippen LogP contribution in [0.4, 0.5) is 0 Å². The van der Waals surface area contributed by atoms with Crippen LogP contribution >= 0.6 is 0 Å². The van der Waals surface area contributed by atoms with Crippen LogP contribution in [0.5, 0.6) is 0 Å². The molecular formula is C8H16N2O. The van der Waals surface area contributed by atoms with Crippen molar-refractivity contribution in [3.05, 3.63) is 0 Å². The van der Waals surface area contributed by atoms with E-state index in [2.05, 4.69) is 17.6 Å². The summed E-state index contributed by atoms with van der Waals surface area (Å²) in [5.74, 6) is 0. The summed E-state index contributed by atoms with van der Waals surface area (Å²) in [6.07, 6.45) is 4.24. The Hall–Kier alpha value is -0.570. The Bertz CT molecular complexity index is 121. The van der Waals surface area contributed by atoms with E-state index in [-0.39, 0.29) is 0 Å². The van der Waals surface area contributed by atoms with E-state index in [1.54, 1.807) is 0 Å². The third-order valence-electron chi connectivity index (χ3n) is 2.31. The predicted molar refractivity (Wildman–Crippen MR) is 44.3 cm³/mol. The number of hydrogen-bond donors (Lipinski definition) is 2. The average molecular weight is 156 g/mol. The van der Waals surface area contributed by atoms with Crippen LogP contribution in [0.1, 0.15) is 26.2 Å². The lowest BCUT2D eigenvalue weighted by Crippen LogP contribution is -2.43. The molecule has 0 aromatic carbocycles. The summed E-state index contributed by atoms with van der Waals surface area (Å²) in [4.78, 5) is 10.2. The number of amides is 1. The minimum absolute atomic E-state index is 0.329. The van der Waals surface area contributed by atoms with E-state index in [9.17, 15) is 4.79 Å². The van der Waals surface area contributed by atoms with E-state index in [1.807, 2.05) is 0 Å². The first-order chi connectivity index (χ1) is 5.38. The summed E-state index contributed by atoms with van der Waals surface area (Å²) in [5, 5.41) is 6.20. The molecule has 1 rings (SSSR count). The normalized spacial score (nSPS) is 26.5. The van der Waals surface area contributed by atoms with E-state index in [1.165, 1.54) is 12.8 Å². The summed E-state index contributed by atoms with van der Waals surface area (Å²) in [6.45, 7) is 3.20. The van der Waals surface area contributed by atoms with Crippen LogP contribution in [0.3, 0.4) is 0 Å². The van der Waals surface area contributed by atoms with Crippen LogP contribution in [-0.2, 0) is 4.79 Å². The Kier molecular flexibility index (Phi) is 3.36. The molecule has 2 N–H and O–H groups in total. The molecule has 0 aromatic heterocycles. The molecule has 3 nitrogen and oxygen atoms in total. The van der Waals surface area contributed by atoms with Crippen molar-refractivity contribution in [3.63, 3.8) is 0 Å². The first kappa shape index (κ1) is 8.53. The summed E-state index contributed by atoms with van der Waals surface area (Å²) in [7, 11) is 0. The molecular weight excluding hydrogens is 140 g/mol. The molecule has 0 saturated carbocycles. The molecule has 2 unspecified atom stereocenters. The van der Waals surface area contributed by atoms with Crippen LogP contribution in [-0.4, -0.2) is 25.0 Å². The van der Waals surface area contributed by atoms with E-state index < -0.39 is 0 Å². The van der Waals surface area contributed by atoms with Crippen molar-refractivity contribution >= 4 is 6.41 Å². The third kappa shape index (κ3) is 2.19. The van der Waals surface area contributed by atoms with Crippen molar-refractivity contribution in [2.75, 3.05) is 6.54 Å². The predicted octanol–water partition coefficient (Wildman–Crippen LogP) is 0.263. The van der Waals surface area contributed by atoms with Crippen molar-refractivity contribution in [3.8, 4) is 0 Å². The van der Waals surface area contributed by atoms with Crippen LogP contribution < -0.4 is 10.6 Å². The van der Waals surface area contributed by atoms with Gasteiger partial charge in [-0.2, -0.15) is 0 Å². The second-order valence-electron chi connectivity index (χ2n) is 3.00. The zero-order valence-corrected chi connectivity index (χ0v) is 6.97. The van der Waals surface area contributed by atoms with E-state index in [4.69, 9.17) is 0 Å². The molecule has 3 heteroatoms. The van der Waals surface area contributed by atoms with Gasteiger partial charge in [0.25, 0.3) is 0 Å². The molecule has 1 amide bonds. The smallest absolute Gasteiger partial charge is 0.207 e. The highest BCUT2D eigenvalue weighted by Crippen LogP contribution is 2.10. The van der Waals surface area contributed by atoms with Gasteiger partial charge in [0.15, 0.2) is 0 Å². The molecule has 11 heavy (non-hydrogen) atoms. The second-order valence-corrected chi connectivity index (χ2v) is 3.00. The maximum absolute atomic E-state index is 10.2. The van der Waals surface area contributed by atoms with E-state index >= 15 is 0 Å². The fourth-order valence-corrected chi connectivity index (χ4v) is 1.66. The Labute approximate surface area is 67.5 Å². The molecule has 0 spiro atoms. The quantitative estimate of drug-likeness (QED) is 0.573. The number of nitrogens with one attached hydrogen (secondary N) is 2. The van der Waals surface area contributed by atoms with Gasteiger partial charge in [0.1, 0.15) is 0 Å². The monoisotopic (exact) mass is 156 g/mol. The Morgan fingerprint density at radius 3 is 3.09 bits per heavy atom. The van der Waals surface area contributed by atoms with Gasteiger partial charge in [-0.15, -0.1) is 0 Å². The average Bonchev–Trinajstić information content (AvgIpc) is 2.52. The van der Waals surface area contributed by atoms with Gasteiger partial charge in [0.2, 0.25) is 6.41 Å². The van der Waals surface area contributed by atoms with Gasteiger partial charge in [-0.05, 0) is 25.8 Å². The summed E-state index contributed by atoms with van der Waals surface area (Å²) in [6, 6.07) is 0.834. The zero-order chi connectivity index (χ0) is 8.10. The van der Waals surface area contributed by atoms with Crippen molar-refractivity contribution in [1.29, 1.82) is 0 Å². The molecule has 0 aromatic rings. The number of carbonyl (C=O) groups is 1. The summed E-state index contributed by atoms with van der Waals surface area (Å²) in [5.41, 5.74) is 0. The van der Waals surface area contributed by atoms with E-state index in [0.717, 1.165) is 19.4 Å². The number of carbonyl (C=O) groups excluding carboxylic acids is 1. The molecule has 1 aliphatic rings. The highest BCUT2D eigenvalue weighted by molar-refractivity contribution is 5.46. The maximum Gasteiger partial charge on any atom is 0.207 e. The lowest BCUT2D eigenvalue weighted by atomic mass is 10.0.